The SMILES string of the molecule is C.COc1cc(/C=C/C2=NOC[C@H](c3cc(F)c(F)c(F)c3)N2CCCO)ccc1-n1cnc(C)c1. The van der Waals surface area contributed by atoms with Gasteiger partial charge in [0.1, 0.15) is 12.4 Å². The van der Waals surface area contributed by atoms with Crippen molar-refractivity contribution in [3.8, 4) is 11.4 Å². The van der Waals surface area contributed by atoms with E-state index in [1.165, 1.54) is 0 Å². The van der Waals surface area contributed by atoms with E-state index >= 15 is 0 Å². The number of nitrogens with zero attached hydrogens (tertiary/aromatic N) is 4. The van der Waals surface area contributed by atoms with Crippen LogP contribution in [-0.4, -0.2) is 52.3 Å². The fraction of sp³-hybridized carbons (Fsp3) is 0.308. The van der Waals surface area contributed by atoms with Crippen molar-refractivity contribution in [1.29, 1.82) is 0 Å². The van der Waals surface area contributed by atoms with Gasteiger partial charge >= 0.3 is 0 Å². The maximum atomic E-state index is 13.9. The molecular formula is C26H29F3N4O3. The number of benzene rings is 2. The van der Waals surface area contributed by atoms with Gasteiger partial charge in [0.2, 0.25) is 0 Å². The normalized spacial score (nSPS) is 15.4. The van der Waals surface area contributed by atoms with E-state index in [2.05, 4.69) is 10.1 Å². The fourth-order valence-corrected chi connectivity index (χ4v) is 3.89. The van der Waals surface area contributed by atoms with E-state index in [-0.39, 0.29) is 26.2 Å². The number of rotatable bonds is 8. The number of imidazole rings is 1. The minimum absolute atomic E-state index is 0. The van der Waals surface area contributed by atoms with Crippen molar-refractivity contribution < 1.29 is 27.9 Å². The maximum Gasteiger partial charge on any atom is 0.194 e. The van der Waals surface area contributed by atoms with E-state index in [9.17, 15) is 18.3 Å². The Labute approximate surface area is 208 Å². The predicted octanol–water partition coefficient (Wildman–Crippen LogP) is 5.03. The van der Waals surface area contributed by atoms with Gasteiger partial charge in [0.15, 0.2) is 23.3 Å². The lowest BCUT2D eigenvalue weighted by Crippen LogP contribution is -2.40. The summed E-state index contributed by atoms with van der Waals surface area (Å²) >= 11 is 0. The highest BCUT2D eigenvalue weighted by molar-refractivity contribution is 5.96. The zero-order valence-electron chi connectivity index (χ0n) is 19.3. The molecule has 10 heteroatoms. The molecule has 0 radical (unpaired) electrons. The molecule has 0 aliphatic carbocycles. The molecule has 0 unspecified atom stereocenters. The van der Waals surface area contributed by atoms with Crippen LogP contribution in [0.3, 0.4) is 0 Å². The smallest absolute Gasteiger partial charge is 0.194 e. The van der Waals surface area contributed by atoms with Crippen molar-refractivity contribution in [2.75, 3.05) is 26.9 Å². The molecular weight excluding hydrogens is 473 g/mol. The first-order valence-corrected chi connectivity index (χ1v) is 11.0. The van der Waals surface area contributed by atoms with Gasteiger partial charge in [-0.3, -0.25) is 0 Å². The lowest BCUT2D eigenvalue weighted by molar-refractivity contribution is 0.0589. The number of ether oxygens (including phenoxy) is 1. The second kappa shape index (κ2) is 11.8. The molecule has 1 aliphatic rings. The number of aliphatic hydroxyl groups is 1. The van der Waals surface area contributed by atoms with Gasteiger partial charge in [0.25, 0.3) is 0 Å². The number of oxime groups is 1. The minimum atomic E-state index is -1.52. The first kappa shape index (κ1) is 26.8. The molecule has 192 valence electrons. The summed E-state index contributed by atoms with van der Waals surface area (Å²) in [5, 5.41) is 13.4. The molecule has 0 fully saturated rings. The van der Waals surface area contributed by atoms with E-state index in [1.807, 2.05) is 35.9 Å². The zero-order valence-corrected chi connectivity index (χ0v) is 19.3. The third kappa shape index (κ3) is 5.71. The Morgan fingerprint density at radius 3 is 2.56 bits per heavy atom. The van der Waals surface area contributed by atoms with Crippen LogP contribution in [-0.2, 0) is 4.84 Å². The highest BCUT2D eigenvalue weighted by Gasteiger charge is 2.29. The molecule has 0 saturated carbocycles. The minimum Gasteiger partial charge on any atom is -0.495 e. The molecule has 1 aliphatic heterocycles. The molecule has 2 heterocycles. The Morgan fingerprint density at radius 2 is 1.92 bits per heavy atom. The van der Waals surface area contributed by atoms with Gasteiger partial charge in [0.05, 0.1) is 30.9 Å². The summed E-state index contributed by atoms with van der Waals surface area (Å²) in [6.07, 6.45) is 7.49. The number of halogens is 3. The van der Waals surface area contributed by atoms with Crippen molar-refractivity contribution in [2.45, 2.75) is 26.8 Å². The number of hydrogen-bond acceptors (Lipinski definition) is 6. The first-order valence-electron chi connectivity index (χ1n) is 11.0. The van der Waals surface area contributed by atoms with E-state index in [4.69, 9.17) is 9.57 Å². The number of amidine groups is 1. The second-order valence-corrected chi connectivity index (χ2v) is 8.02. The molecule has 3 aromatic rings. The average molecular weight is 503 g/mol. The van der Waals surface area contributed by atoms with Crippen LogP contribution in [0.4, 0.5) is 13.2 Å². The molecule has 0 saturated heterocycles. The Kier molecular flexibility index (Phi) is 8.76. The summed E-state index contributed by atoms with van der Waals surface area (Å²) in [5.74, 6) is -3.04. The zero-order chi connectivity index (χ0) is 24.9. The molecule has 0 spiro atoms. The van der Waals surface area contributed by atoms with Gasteiger partial charge in [-0.2, -0.15) is 0 Å². The van der Waals surface area contributed by atoms with E-state index < -0.39 is 23.5 Å². The van der Waals surface area contributed by atoms with E-state index in [0.717, 1.165) is 29.1 Å². The highest BCUT2D eigenvalue weighted by Crippen LogP contribution is 2.29. The molecule has 7 nitrogen and oxygen atoms in total. The molecule has 1 N–H and O–H groups in total. The lowest BCUT2D eigenvalue weighted by Gasteiger charge is -2.35. The topological polar surface area (TPSA) is 72.1 Å². The maximum absolute atomic E-state index is 13.9. The average Bonchev–Trinajstić information content (AvgIpc) is 3.30. The molecule has 36 heavy (non-hydrogen) atoms. The summed E-state index contributed by atoms with van der Waals surface area (Å²) in [5.41, 5.74) is 2.73. The van der Waals surface area contributed by atoms with Crippen molar-refractivity contribution in [2.24, 2.45) is 5.16 Å². The van der Waals surface area contributed by atoms with Gasteiger partial charge in [-0.05, 0) is 54.8 Å². The van der Waals surface area contributed by atoms with Crippen LogP contribution in [0.1, 0.15) is 36.7 Å². The quantitative estimate of drug-likeness (QED) is 0.438. The largest absolute Gasteiger partial charge is 0.495 e. The molecule has 2 aromatic carbocycles. The first-order chi connectivity index (χ1) is 16.9. The van der Waals surface area contributed by atoms with Crippen molar-refractivity contribution in [1.82, 2.24) is 14.5 Å². The number of hydrogen-bond donors (Lipinski definition) is 1. The predicted molar refractivity (Wildman–Crippen MR) is 131 cm³/mol. The van der Waals surface area contributed by atoms with Crippen LogP contribution in [0.2, 0.25) is 0 Å². The molecule has 1 atom stereocenters. The fourth-order valence-electron chi connectivity index (χ4n) is 3.89. The second-order valence-electron chi connectivity index (χ2n) is 8.02. The van der Waals surface area contributed by atoms with Crippen LogP contribution in [0.25, 0.3) is 11.8 Å². The van der Waals surface area contributed by atoms with Crippen LogP contribution in [0.15, 0.2) is 54.1 Å². The Morgan fingerprint density at radius 1 is 1.17 bits per heavy atom. The van der Waals surface area contributed by atoms with E-state index in [1.54, 1.807) is 30.5 Å². The van der Waals surface area contributed by atoms with Crippen LogP contribution >= 0.6 is 0 Å². The molecule has 0 bridgehead atoms. The molecule has 4 rings (SSSR count). The van der Waals surface area contributed by atoms with Crippen molar-refractivity contribution >= 4 is 11.9 Å². The summed E-state index contributed by atoms with van der Waals surface area (Å²) in [4.78, 5) is 11.3. The summed E-state index contributed by atoms with van der Waals surface area (Å²) in [6.45, 7) is 2.17. The van der Waals surface area contributed by atoms with Gasteiger partial charge in [-0.1, -0.05) is 24.7 Å². The van der Waals surface area contributed by atoms with Gasteiger partial charge < -0.3 is 24.1 Å². The number of methoxy groups -OCH3 is 1. The van der Waals surface area contributed by atoms with Crippen molar-refractivity contribution in [3.05, 3.63) is 83.2 Å². The summed E-state index contributed by atoms with van der Waals surface area (Å²) in [7, 11) is 1.58. The Bertz CT molecular complexity index is 1240. The van der Waals surface area contributed by atoms with E-state index in [0.29, 0.717) is 24.6 Å². The van der Waals surface area contributed by atoms with Crippen LogP contribution in [0, 0.1) is 24.4 Å². The van der Waals surface area contributed by atoms with Crippen molar-refractivity contribution in [3.63, 3.8) is 0 Å². The van der Waals surface area contributed by atoms with Gasteiger partial charge in [0, 0.05) is 19.3 Å². The number of aliphatic hydroxyl groups excluding tert-OH is 1. The van der Waals surface area contributed by atoms with Gasteiger partial charge in [-0.15, -0.1) is 0 Å². The third-order valence-electron chi connectivity index (χ3n) is 5.63. The Hall–Kier alpha value is -3.79. The monoisotopic (exact) mass is 502 g/mol. The summed E-state index contributed by atoms with van der Waals surface area (Å²) in [6, 6.07) is 6.93. The summed E-state index contributed by atoms with van der Waals surface area (Å²) < 4.78 is 48.7. The van der Waals surface area contributed by atoms with Crippen LogP contribution in [0.5, 0.6) is 5.75 Å². The third-order valence-corrected chi connectivity index (χ3v) is 5.63. The molecule has 0 amide bonds. The number of aromatic nitrogens is 2. The standard InChI is InChI=1S/C25H25F3N4O3.CH4/c1-16-13-31(15-29-16)21-6-4-17(10-23(21)34-2)5-7-24-30-35-14-22(32(24)8-3-9-33)18-11-19(26)25(28)20(27)12-18;/h4-7,10-13,15,22,33H,3,8-9,14H2,1-2H3;1H4/b7-5+;/t22-;/m1./s1. The lowest BCUT2D eigenvalue weighted by atomic mass is 10.0. The highest BCUT2D eigenvalue weighted by atomic mass is 19.2. The molecule has 1 aromatic heterocycles. The van der Waals surface area contributed by atoms with Crippen LogP contribution < -0.4 is 4.74 Å². The number of aryl methyl sites for hydroxylation is 1. The van der Waals surface area contributed by atoms with Gasteiger partial charge in [-0.25, -0.2) is 18.2 Å². The Balaban J connectivity index is 0.00000361.